The molecule has 0 fully saturated rings. The van der Waals surface area contributed by atoms with Crippen LogP contribution in [0.2, 0.25) is 0 Å². The van der Waals surface area contributed by atoms with Gasteiger partial charge < -0.3 is 9.30 Å². The second kappa shape index (κ2) is 5.73. The van der Waals surface area contributed by atoms with Crippen LogP contribution in [-0.4, -0.2) is 28.4 Å². The topological polar surface area (TPSA) is 44.1 Å². The molecule has 0 saturated heterocycles. The second-order valence-corrected chi connectivity index (χ2v) is 4.66. The Morgan fingerprint density at radius 2 is 2.11 bits per heavy atom. The Bertz CT molecular complexity index is 537. The molecule has 0 amide bonds. The quantitative estimate of drug-likeness (QED) is 0.626. The number of carbonyl (C=O) groups excluding carboxylic acids is 1. The molecule has 0 aliphatic carbocycles. The van der Waals surface area contributed by atoms with E-state index >= 15 is 0 Å². The number of benzene rings is 1. The molecule has 5 heteroatoms. The molecule has 0 radical (unpaired) electrons. The molecular formula is C13H14N2O2S. The third-order valence-corrected chi connectivity index (χ3v) is 3.58. The van der Waals surface area contributed by atoms with E-state index in [1.54, 1.807) is 0 Å². The van der Waals surface area contributed by atoms with Crippen LogP contribution in [0.25, 0.3) is 11.3 Å². The minimum Gasteiger partial charge on any atom is -0.468 e. The summed E-state index contributed by atoms with van der Waals surface area (Å²) in [5, 5.41) is 0.805. The summed E-state index contributed by atoms with van der Waals surface area (Å²) >= 11 is 1.37. The molecule has 2 aromatic rings. The van der Waals surface area contributed by atoms with Crippen LogP contribution in [0.4, 0.5) is 0 Å². The van der Waals surface area contributed by atoms with Crippen molar-refractivity contribution >= 4 is 17.7 Å². The van der Waals surface area contributed by atoms with Crippen LogP contribution in [-0.2, 0) is 16.6 Å². The summed E-state index contributed by atoms with van der Waals surface area (Å²) < 4.78 is 6.58. The maximum absolute atomic E-state index is 11.1. The van der Waals surface area contributed by atoms with Gasteiger partial charge in [-0.25, -0.2) is 4.98 Å². The number of nitrogens with zero attached hydrogens (tertiary/aromatic N) is 2. The molecule has 18 heavy (non-hydrogen) atoms. The molecule has 2 rings (SSSR count). The Morgan fingerprint density at radius 3 is 2.78 bits per heavy atom. The van der Waals surface area contributed by atoms with Gasteiger partial charge in [-0.2, -0.15) is 0 Å². The van der Waals surface area contributed by atoms with Gasteiger partial charge in [-0.15, -0.1) is 0 Å². The Kier molecular flexibility index (Phi) is 4.04. The molecule has 0 aliphatic heterocycles. The fourth-order valence-electron chi connectivity index (χ4n) is 1.59. The summed E-state index contributed by atoms with van der Waals surface area (Å²) in [5.74, 6) is 0.0273. The summed E-state index contributed by atoms with van der Waals surface area (Å²) in [4.78, 5) is 15.4. The van der Waals surface area contributed by atoms with Gasteiger partial charge in [0.05, 0.1) is 24.8 Å². The van der Waals surface area contributed by atoms with Gasteiger partial charge in [0, 0.05) is 7.05 Å². The summed E-state index contributed by atoms with van der Waals surface area (Å²) in [5.41, 5.74) is 2.14. The minimum absolute atomic E-state index is 0.246. The number of hydrogen-bond acceptors (Lipinski definition) is 4. The molecule has 0 spiro atoms. The van der Waals surface area contributed by atoms with E-state index in [1.165, 1.54) is 18.9 Å². The monoisotopic (exact) mass is 262 g/mol. The van der Waals surface area contributed by atoms with Gasteiger partial charge in [0.25, 0.3) is 0 Å². The smallest absolute Gasteiger partial charge is 0.316 e. The molecule has 0 bridgehead atoms. The first kappa shape index (κ1) is 12.7. The number of imidazole rings is 1. The lowest BCUT2D eigenvalue weighted by Gasteiger charge is -2.05. The first-order valence-corrected chi connectivity index (χ1v) is 6.47. The first-order valence-electron chi connectivity index (χ1n) is 5.49. The molecule has 1 heterocycles. The number of aromatic nitrogens is 2. The molecule has 0 aliphatic rings. The Balaban J connectivity index is 2.17. The van der Waals surface area contributed by atoms with Gasteiger partial charge in [-0.1, -0.05) is 42.1 Å². The van der Waals surface area contributed by atoms with Crippen LogP contribution in [0.3, 0.4) is 0 Å². The molecule has 1 aromatic heterocycles. The predicted octanol–water partition coefficient (Wildman–Crippen LogP) is 2.35. The molecule has 0 saturated carbocycles. The summed E-state index contributed by atoms with van der Waals surface area (Å²) in [6.07, 6.45) is 1.81. The highest BCUT2D eigenvalue weighted by Crippen LogP contribution is 2.24. The van der Waals surface area contributed by atoms with Crippen LogP contribution >= 0.6 is 11.8 Å². The molecule has 1 aromatic carbocycles. The van der Waals surface area contributed by atoms with Crippen molar-refractivity contribution in [1.82, 2.24) is 9.55 Å². The zero-order valence-electron chi connectivity index (χ0n) is 10.3. The normalized spacial score (nSPS) is 10.3. The van der Waals surface area contributed by atoms with Crippen LogP contribution in [0.1, 0.15) is 0 Å². The van der Waals surface area contributed by atoms with E-state index in [4.69, 9.17) is 0 Å². The van der Waals surface area contributed by atoms with Gasteiger partial charge in [0.2, 0.25) is 0 Å². The highest BCUT2D eigenvalue weighted by atomic mass is 32.2. The minimum atomic E-state index is -0.246. The van der Waals surface area contributed by atoms with E-state index in [9.17, 15) is 4.79 Å². The van der Waals surface area contributed by atoms with E-state index in [0.717, 1.165) is 16.4 Å². The highest BCUT2D eigenvalue weighted by Gasteiger charge is 2.10. The summed E-state index contributed by atoms with van der Waals surface area (Å²) in [6.45, 7) is 0. The lowest BCUT2D eigenvalue weighted by molar-refractivity contribution is -0.137. The average Bonchev–Trinajstić information content (AvgIpc) is 2.78. The van der Waals surface area contributed by atoms with Crippen LogP contribution in [0, 0.1) is 0 Å². The fraction of sp³-hybridized carbons (Fsp3) is 0.231. The van der Waals surface area contributed by atoms with E-state index in [2.05, 4.69) is 9.72 Å². The van der Waals surface area contributed by atoms with E-state index in [-0.39, 0.29) is 11.7 Å². The van der Waals surface area contributed by atoms with E-state index < -0.39 is 0 Å². The maximum Gasteiger partial charge on any atom is 0.316 e. The molecule has 94 valence electrons. The van der Waals surface area contributed by atoms with E-state index in [1.807, 2.05) is 48.1 Å². The Morgan fingerprint density at radius 1 is 1.39 bits per heavy atom. The Labute approximate surface area is 110 Å². The van der Waals surface area contributed by atoms with Crippen molar-refractivity contribution in [1.29, 1.82) is 0 Å². The van der Waals surface area contributed by atoms with Crippen molar-refractivity contribution < 1.29 is 9.53 Å². The highest BCUT2D eigenvalue weighted by molar-refractivity contribution is 7.99. The van der Waals surface area contributed by atoms with Crippen molar-refractivity contribution in [3.8, 4) is 11.3 Å². The van der Waals surface area contributed by atoms with Gasteiger partial charge in [0.15, 0.2) is 5.16 Å². The Hall–Kier alpha value is -1.75. The summed E-state index contributed by atoms with van der Waals surface area (Å²) in [6, 6.07) is 10.0. The van der Waals surface area contributed by atoms with Crippen LogP contribution in [0.5, 0.6) is 0 Å². The number of ether oxygens (including phenoxy) is 1. The lowest BCUT2D eigenvalue weighted by Crippen LogP contribution is -2.04. The van der Waals surface area contributed by atoms with Crippen LogP contribution < -0.4 is 0 Å². The van der Waals surface area contributed by atoms with Gasteiger partial charge in [0.1, 0.15) is 0 Å². The van der Waals surface area contributed by atoms with Crippen LogP contribution in [0.15, 0.2) is 41.7 Å². The van der Waals surface area contributed by atoms with Gasteiger partial charge >= 0.3 is 5.97 Å². The zero-order chi connectivity index (χ0) is 13.0. The largest absolute Gasteiger partial charge is 0.468 e. The summed E-state index contributed by atoms with van der Waals surface area (Å²) in [7, 11) is 3.33. The molecular weight excluding hydrogens is 248 g/mol. The average molecular weight is 262 g/mol. The van der Waals surface area contributed by atoms with Crippen molar-refractivity contribution in [3.63, 3.8) is 0 Å². The van der Waals surface area contributed by atoms with Crippen molar-refractivity contribution in [2.75, 3.05) is 12.9 Å². The first-order chi connectivity index (χ1) is 8.72. The maximum atomic E-state index is 11.1. The lowest BCUT2D eigenvalue weighted by atomic mass is 10.2. The zero-order valence-corrected chi connectivity index (χ0v) is 11.1. The second-order valence-electron chi connectivity index (χ2n) is 3.72. The number of esters is 1. The van der Waals surface area contributed by atoms with E-state index in [0.29, 0.717) is 0 Å². The number of methoxy groups -OCH3 is 1. The number of thioether (sulfide) groups is 1. The molecule has 0 atom stereocenters. The fourth-order valence-corrected chi connectivity index (χ4v) is 2.37. The molecule has 0 unspecified atom stereocenters. The van der Waals surface area contributed by atoms with Crippen molar-refractivity contribution in [3.05, 3.63) is 36.5 Å². The number of rotatable bonds is 4. The molecule has 4 nitrogen and oxygen atoms in total. The van der Waals surface area contributed by atoms with Gasteiger partial charge in [-0.05, 0) is 5.56 Å². The number of carbonyl (C=O) groups is 1. The number of hydrogen-bond donors (Lipinski definition) is 0. The van der Waals surface area contributed by atoms with Gasteiger partial charge in [-0.3, -0.25) is 4.79 Å². The third kappa shape index (κ3) is 2.73. The molecule has 0 N–H and O–H groups in total. The predicted molar refractivity (Wildman–Crippen MR) is 71.4 cm³/mol. The third-order valence-electron chi connectivity index (χ3n) is 2.56. The van der Waals surface area contributed by atoms with Crippen molar-refractivity contribution in [2.24, 2.45) is 7.05 Å². The standard InChI is InChI=1S/C13H14N2O2S/c1-15-11(10-6-4-3-5-7-10)8-14-13(15)18-9-12(16)17-2/h3-8H,9H2,1-2H3. The van der Waals surface area contributed by atoms with Crippen molar-refractivity contribution in [2.45, 2.75) is 5.16 Å². The SMILES string of the molecule is COC(=O)CSc1ncc(-c2ccccc2)n1C.